The Morgan fingerprint density at radius 3 is 2.48 bits per heavy atom. The topological polar surface area (TPSA) is 45.7 Å². The molecular formula is C22H26FN3O2S. The van der Waals surface area contributed by atoms with Gasteiger partial charge >= 0.3 is 0 Å². The van der Waals surface area contributed by atoms with Gasteiger partial charge in [-0.1, -0.05) is 37.3 Å². The number of nitrogens with zero attached hydrogens (tertiary/aromatic N) is 3. The van der Waals surface area contributed by atoms with Gasteiger partial charge in [0.25, 0.3) is 0 Å². The number of rotatable bonds is 9. The van der Waals surface area contributed by atoms with Crippen LogP contribution >= 0.6 is 11.3 Å². The van der Waals surface area contributed by atoms with Gasteiger partial charge in [0, 0.05) is 13.1 Å². The van der Waals surface area contributed by atoms with E-state index in [2.05, 4.69) is 23.7 Å². The molecule has 0 saturated carbocycles. The minimum Gasteiger partial charge on any atom is -0.497 e. The molecule has 0 fully saturated rings. The number of thiazole rings is 1. The lowest BCUT2D eigenvalue weighted by Crippen LogP contribution is -2.39. The summed E-state index contributed by atoms with van der Waals surface area (Å²) >= 11 is 1.35. The Bertz CT molecular complexity index is 954. The molecule has 0 atom stereocenters. The lowest BCUT2D eigenvalue weighted by molar-refractivity contribution is -0.118. The van der Waals surface area contributed by atoms with Crippen molar-refractivity contribution in [3.8, 4) is 5.75 Å². The van der Waals surface area contributed by atoms with Gasteiger partial charge in [-0.25, -0.2) is 9.37 Å². The summed E-state index contributed by atoms with van der Waals surface area (Å²) < 4.78 is 19.5. The van der Waals surface area contributed by atoms with E-state index in [9.17, 15) is 9.18 Å². The second kappa shape index (κ2) is 9.80. The summed E-state index contributed by atoms with van der Waals surface area (Å²) in [5.74, 6) is 0.432. The molecule has 29 heavy (non-hydrogen) atoms. The molecule has 3 aromatic rings. The third-order valence-electron chi connectivity index (χ3n) is 4.92. The van der Waals surface area contributed by atoms with Crippen LogP contribution in [-0.2, 0) is 11.2 Å². The SMILES string of the molecule is CCN(CC)CCN(C(=O)Cc1ccc(OC)cc1)c1nc2ccc(F)cc2s1. The molecule has 154 valence electrons. The first-order valence-electron chi connectivity index (χ1n) is 9.75. The fourth-order valence-electron chi connectivity index (χ4n) is 3.12. The maximum absolute atomic E-state index is 13.6. The first-order valence-corrected chi connectivity index (χ1v) is 10.6. The number of amides is 1. The van der Waals surface area contributed by atoms with Crippen molar-refractivity contribution in [3.63, 3.8) is 0 Å². The predicted molar refractivity (Wildman–Crippen MR) is 116 cm³/mol. The van der Waals surface area contributed by atoms with Crippen LogP contribution < -0.4 is 9.64 Å². The Balaban J connectivity index is 1.84. The van der Waals surface area contributed by atoms with Crippen molar-refractivity contribution in [2.75, 3.05) is 38.2 Å². The molecule has 0 radical (unpaired) electrons. The highest BCUT2D eigenvalue weighted by Crippen LogP contribution is 2.30. The van der Waals surface area contributed by atoms with Crippen molar-refractivity contribution in [2.24, 2.45) is 0 Å². The highest BCUT2D eigenvalue weighted by atomic mass is 32.1. The van der Waals surface area contributed by atoms with Crippen molar-refractivity contribution in [2.45, 2.75) is 20.3 Å². The van der Waals surface area contributed by atoms with Crippen molar-refractivity contribution in [3.05, 3.63) is 53.8 Å². The van der Waals surface area contributed by atoms with Crippen LogP contribution in [0.5, 0.6) is 5.75 Å². The standard InChI is InChI=1S/C22H26FN3O2S/c1-4-25(5-2)12-13-26(21(27)14-16-6-9-18(28-3)10-7-16)22-24-19-11-8-17(23)15-20(19)29-22/h6-11,15H,4-5,12-14H2,1-3H3. The van der Waals surface area contributed by atoms with Crippen LogP contribution in [0.15, 0.2) is 42.5 Å². The second-order valence-corrected chi connectivity index (χ2v) is 7.71. The molecule has 2 aromatic carbocycles. The number of hydrogen-bond acceptors (Lipinski definition) is 5. The molecule has 1 aromatic heterocycles. The minimum absolute atomic E-state index is 0.0261. The molecular weight excluding hydrogens is 389 g/mol. The monoisotopic (exact) mass is 415 g/mol. The van der Waals surface area contributed by atoms with Gasteiger partial charge in [0.2, 0.25) is 5.91 Å². The average molecular weight is 416 g/mol. The number of carbonyl (C=O) groups excluding carboxylic acids is 1. The molecule has 1 amide bonds. The number of anilines is 1. The molecule has 0 N–H and O–H groups in total. The van der Waals surface area contributed by atoms with E-state index in [-0.39, 0.29) is 18.1 Å². The minimum atomic E-state index is -0.299. The van der Waals surface area contributed by atoms with Crippen LogP contribution in [0.25, 0.3) is 10.2 Å². The highest BCUT2D eigenvalue weighted by molar-refractivity contribution is 7.22. The number of hydrogen-bond donors (Lipinski definition) is 0. The number of likely N-dealkylation sites (N-methyl/N-ethyl adjacent to an activating group) is 1. The predicted octanol–water partition coefficient (Wildman–Crippen LogP) is 4.36. The maximum Gasteiger partial charge on any atom is 0.233 e. The highest BCUT2D eigenvalue weighted by Gasteiger charge is 2.21. The van der Waals surface area contributed by atoms with E-state index in [0.717, 1.165) is 35.6 Å². The molecule has 0 aliphatic carbocycles. The first kappa shape index (κ1) is 21.2. The van der Waals surface area contributed by atoms with Gasteiger partial charge in [0.15, 0.2) is 5.13 Å². The molecule has 5 nitrogen and oxygen atoms in total. The van der Waals surface area contributed by atoms with Crippen molar-refractivity contribution < 1.29 is 13.9 Å². The van der Waals surface area contributed by atoms with Crippen LogP contribution in [0.1, 0.15) is 19.4 Å². The second-order valence-electron chi connectivity index (χ2n) is 6.71. The smallest absolute Gasteiger partial charge is 0.233 e. The molecule has 7 heteroatoms. The van der Waals surface area contributed by atoms with Gasteiger partial charge in [0.1, 0.15) is 11.6 Å². The number of aromatic nitrogens is 1. The summed E-state index contributed by atoms with van der Waals surface area (Å²) in [6.45, 7) is 7.34. The first-order chi connectivity index (χ1) is 14.0. The van der Waals surface area contributed by atoms with Crippen molar-refractivity contribution in [1.29, 1.82) is 0 Å². The van der Waals surface area contributed by atoms with Crippen LogP contribution in [-0.4, -0.2) is 49.1 Å². The van der Waals surface area contributed by atoms with Crippen LogP contribution in [0.2, 0.25) is 0 Å². The van der Waals surface area contributed by atoms with Crippen molar-refractivity contribution in [1.82, 2.24) is 9.88 Å². The van der Waals surface area contributed by atoms with E-state index in [1.54, 1.807) is 18.1 Å². The lowest BCUT2D eigenvalue weighted by Gasteiger charge is -2.24. The quantitative estimate of drug-likeness (QED) is 0.521. The zero-order chi connectivity index (χ0) is 20.8. The Labute approximate surface area is 174 Å². The normalized spacial score (nSPS) is 11.2. The lowest BCUT2D eigenvalue weighted by atomic mass is 10.1. The number of benzene rings is 2. The number of ether oxygens (including phenoxy) is 1. The summed E-state index contributed by atoms with van der Waals surface area (Å²) in [5.41, 5.74) is 1.62. The van der Waals surface area contributed by atoms with Crippen LogP contribution in [0.3, 0.4) is 0 Å². The molecule has 0 aliphatic rings. The van der Waals surface area contributed by atoms with Crippen LogP contribution in [0.4, 0.5) is 9.52 Å². The van der Waals surface area contributed by atoms with Gasteiger partial charge in [-0.05, 0) is 49.0 Å². The summed E-state index contributed by atoms with van der Waals surface area (Å²) in [6, 6.07) is 12.0. The largest absolute Gasteiger partial charge is 0.497 e. The van der Waals surface area contributed by atoms with E-state index in [1.165, 1.54) is 23.5 Å². The third kappa shape index (κ3) is 5.31. The van der Waals surface area contributed by atoms with Gasteiger partial charge < -0.3 is 9.64 Å². The molecule has 0 spiro atoms. The van der Waals surface area contributed by atoms with E-state index >= 15 is 0 Å². The van der Waals surface area contributed by atoms with Gasteiger partial charge in [-0.3, -0.25) is 9.69 Å². The van der Waals surface area contributed by atoms with Crippen molar-refractivity contribution >= 4 is 32.6 Å². The molecule has 0 unspecified atom stereocenters. The summed E-state index contributed by atoms with van der Waals surface area (Å²) in [4.78, 5) is 21.8. The number of halogens is 1. The average Bonchev–Trinajstić information content (AvgIpc) is 3.14. The van der Waals surface area contributed by atoms with E-state index in [4.69, 9.17) is 4.74 Å². The zero-order valence-corrected chi connectivity index (χ0v) is 17.8. The van der Waals surface area contributed by atoms with Gasteiger partial charge in [-0.15, -0.1) is 0 Å². The third-order valence-corrected chi connectivity index (χ3v) is 5.96. The van der Waals surface area contributed by atoms with Gasteiger partial charge in [0.05, 0.1) is 23.7 Å². The number of methoxy groups -OCH3 is 1. The van der Waals surface area contributed by atoms with Crippen LogP contribution in [0, 0.1) is 5.82 Å². The van der Waals surface area contributed by atoms with E-state index in [1.807, 2.05) is 24.3 Å². The molecule has 0 bridgehead atoms. The molecule has 0 aliphatic heterocycles. The molecule has 0 saturated heterocycles. The maximum atomic E-state index is 13.6. The summed E-state index contributed by atoms with van der Waals surface area (Å²) in [7, 11) is 1.62. The molecule has 3 rings (SSSR count). The Morgan fingerprint density at radius 1 is 1.10 bits per heavy atom. The Hall–Kier alpha value is -2.51. The van der Waals surface area contributed by atoms with E-state index < -0.39 is 0 Å². The van der Waals surface area contributed by atoms with Gasteiger partial charge in [-0.2, -0.15) is 0 Å². The number of carbonyl (C=O) groups is 1. The van der Waals surface area contributed by atoms with E-state index in [0.29, 0.717) is 17.2 Å². The Morgan fingerprint density at radius 2 is 1.83 bits per heavy atom. The Kier molecular flexibility index (Phi) is 7.17. The zero-order valence-electron chi connectivity index (χ0n) is 17.0. The molecule has 1 heterocycles. The fraction of sp³-hybridized carbons (Fsp3) is 0.364. The fourth-order valence-corrected chi connectivity index (χ4v) is 4.16. The summed E-state index contributed by atoms with van der Waals surface area (Å²) in [5, 5.41) is 0.608. The summed E-state index contributed by atoms with van der Waals surface area (Å²) in [6.07, 6.45) is 0.270. The number of fused-ring (bicyclic) bond motifs is 1.